The fourth-order valence-electron chi connectivity index (χ4n) is 1.70. The lowest BCUT2D eigenvalue weighted by atomic mass is 10.0. The Bertz CT molecular complexity index is 363. The van der Waals surface area contributed by atoms with Crippen LogP contribution in [0.4, 0.5) is 0 Å². The largest absolute Gasteiger partial charge is 0.390 e. The summed E-state index contributed by atoms with van der Waals surface area (Å²) in [5, 5.41) is 21.1. The molecule has 0 aliphatic rings. The predicted molar refractivity (Wildman–Crippen MR) is 78.9 cm³/mol. The molecule has 0 bridgehead atoms. The molecule has 0 aromatic heterocycles. The molecule has 0 aliphatic carbocycles. The van der Waals surface area contributed by atoms with Crippen molar-refractivity contribution in [2.45, 2.75) is 38.3 Å². The highest BCUT2D eigenvalue weighted by Crippen LogP contribution is 2.19. The van der Waals surface area contributed by atoms with Crippen molar-refractivity contribution >= 4 is 25.9 Å². The molecule has 1 aromatic rings. The number of aliphatic hydroxyl groups is 2. The van der Waals surface area contributed by atoms with Crippen LogP contribution in [0.2, 0.25) is 19.6 Å². The quantitative estimate of drug-likeness (QED) is 0.565. The van der Waals surface area contributed by atoms with Crippen molar-refractivity contribution in [2.75, 3.05) is 5.75 Å². The predicted octanol–water partition coefficient (Wildman–Crippen LogP) is 1.95. The Morgan fingerprint density at radius 1 is 1.24 bits per heavy atom. The average Bonchev–Trinajstić information content (AvgIpc) is 2.27. The van der Waals surface area contributed by atoms with Gasteiger partial charge in [0.1, 0.15) is 6.10 Å². The maximum absolute atomic E-state index is 10.0. The monoisotopic (exact) mass is 270 g/mol. The van der Waals surface area contributed by atoms with Gasteiger partial charge in [0.25, 0.3) is 0 Å². The molecular weight excluding hydrogens is 248 g/mol. The lowest BCUT2D eigenvalue weighted by molar-refractivity contribution is 0.0173. The van der Waals surface area contributed by atoms with E-state index >= 15 is 0 Å². The van der Waals surface area contributed by atoms with Crippen molar-refractivity contribution in [2.24, 2.45) is 0 Å². The topological polar surface area (TPSA) is 40.5 Å². The summed E-state index contributed by atoms with van der Waals surface area (Å²) in [4.78, 5) is 0. The zero-order chi connectivity index (χ0) is 13.1. The fraction of sp³-hybridized carbons (Fsp3) is 0.538. The van der Waals surface area contributed by atoms with E-state index in [2.05, 4.69) is 38.3 Å². The maximum Gasteiger partial charge on any atom is 0.105 e. The summed E-state index contributed by atoms with van der Waals surface area (Å²) in [6.45, 7) is 6.80. The van der Waals surface area contributed by atoms with Crippen molar-refractivity contribution < 1.29 is 10.2 Å². The number of hydrogen-bond acceptors (Lipinski definition) is 3. The van der Waals surface area contributed by atoms with Gasteiger partial charge in [-0.25, -0.2) is 0 Å². The molecule has 2 nitrogen and oxygen atoms in total. The van der Waals surface area contributed by atoms with Gasteiger partial charge < -0.3 is 10.2 Å². The highest BCUT2D eigenvalue weighted by molar-refractivity contribution is 7.80. The second-order valence-electron chi connectivity index (χ2n) is 5.40. The van der Waals surface area contributed by atoms with Crippen molar-refractivity contribution in [3.63, 3.8) is 0 Å². The first-order chi connectivity index (χ1) is 7.86. The zero-order valence-corrected chi connectivity index (χ0v) is 12.6. The van der Waals surface area contributed by atoms with Crippen molar-refractivity contribution in [1.29, 1.82) is 0 Å². The van der Waals surface area contributed by atoms with Crippen LogP contribution in [0, 0.1) is 0 Å². The third kappa shape index (κ3) is 4.14. The van der Waals surface area contributed by atoms with Crippen LogP contribution in [0.15, 0.2) is 24.3 Å². The zero-order valence-electron chi connectivity index (χ0n) is 10.7. The van der Waals surface area contributed by atoms with Crippen LogP contribution in [0.25, 0.3) is 0 Å². The minimum Gasteiger partial charge on any atom is -0.390 e. The summed E-state index contributed by atoms with van der Waals surface area (Å²) >= 11 is 4.07. The molecule has 0 saturated carbocycles. The summed E-state index contributed by atoms with van der Waals surface area (Å²) in [5.74, 6) is 0.575. The Morgan fingerprint density at radius 3 is 2.41 bits per heavy atom. The standard InChI is InChI=1S/C13H22O2SSi/c1-17(2,3)11-6-4-5-10(9-11)13(15)12(14)7-8-16/h4-6,9,12-16H,7-8H2,1-3H3. The van der Waals surface area contributed by atoms with Gasteiger partial charge in [-0.1, -0.05) is 49.1 Å². The van der Waals surface area contributed by atoms with Crippen LogP contribution in [-0.4, -0.2) is 30.1 Å². The van der Waals surface area contributed by atoms with Crippen LogP contribution < -0.4 is 5.19 Å². The normalized spacial score (nSPS) is 15.6. The van der Waals surface area contributed by atoms with E-state index in [4.69, 9.17) is 0 Å². The molecule has 0 fully saturated rings. The third-order valence-electron chi connectivity index (χ3n) is 2.88. The van der Waals surface area contributed by atoms with Gasteiger partial charge in [-0.3, -0.25) is 0 Å². The molecule has 0 amide bonds. The summed E-state index contributed by atoms with van der Waals surface area (Å²) in [5.41, 5.74) is 0.805. The van der Waals surface area contributed by atoms with E-state index in [9.17, 15) is 10.2 Å². The smallest absolute Gasteiger partial charge is 0.105 e. The van der Waals surface area contributed by atoms with Crippen LogP contribution in [0.5, 0.6) is 0 Å². The van der Waals surface area contributed by atoms with Crippen LogP contribution in [0.1, 0.15) is 18.1 Å². The van der Waals surface area contributed by atoms with E-state index in [1.807, 2.05) is 18.2 Å². The third-order valence-corrected chi connectivity index (χ3v) is 5.18. The van der Waals surface area contributed by atoms with Gasteiger partial charge in [0.05, 0.1) is 14.2 Å². The molecule has 0 aliphatic heterocycles. The summed E-state index contributed by atoms with van der Waals surface area (Å²) < 4.78 is 0. The number of aliphatic hydroxyl groups excluding tert-OH is 2. The van der Waals surface area contributed by atoms with Gasteiger partial charge in [-0.05, 0) is 17.7 Å². The van der Waals surface area contributed by atoms with E-state index in [1.165, 1.54) is 5.19 Å². The van der Waals surface area contributed by atoms with E-state index < -0.39 is 20.3 Å². The minimum atomic E-state index is -1.37. The molecule has 2 N–H and O–H groups in total. The first kappa shape index (κ1) is 14.8. The molecule has 0 saturated heterocycles. The molecular formula is C13H22O2SSi. The lowest BCUT2D eigenvalue weighted by Crippen LogP contribution is -2.38. The second kappa shape index (κ2) is 6.04. The lowest BCUT2D eigenvalue weighted by Gasteiger charge is -2.21. The van der Waals surface area contributed by atoms with Crippen molar-refractivity contribution in [3.05, 3.63) is 29.8 Å². The van der Waals surface area contributed by atoms with Gasteiger partial charge in [-0.2, -0.15) is 12.6 Å². The van der Waals surface area contributed by atoms with E-state index in [-0.39, 0.29) is 0 Å². The van der Waals surface area contributed by atoms with Crippen molar-refractivity contribution in [3.8, 4) is 0 Å². The number of hydrogen-bond donors (Lipinski definition) is 3. The van der Waals surface area contributed by atoms with E-state index in [1.54, 1.807) is 0 Å². The van der Waals surface area contributed by atoms with Crippen LogP contribution >= 0.6 is 12.6 Å². The number of benzene rings is 1. The van der Waals surface area contributed by atoms with E-state index in [0.29, 0.717) is 12.2 Å². The number of rotatable bonds is 5. The van der Waals surface area contributed by atoms with Crippen LogP contribution in [-0.2, 0) is 0 Å². The van der Waals surface area contributed by atoms with Crippen LogP contribution in [0.3, 0.4) is 0 Å². The molecule has 4 heteroatoms. The Morgan fingerprint density at radius 2 is 1.88 bits per heavy atom. The van der Waals surface area contributed by atoms with Gasteiger partial charge in [0.15, 0.2) is 0 Å². The molecule has 2 unspecified atom stereocenters. The van der Waals surface area contributed by atoms with Gasteiger partial charge in [0.2, 0.25) is 0 Å². The minimum absolute atomic E-state index is 0.501. The Labute approximate surface area is 110 Å². The Hall–Kier alpha value is -0.293. The molecule has 96 valence electrons. The summed E-state index contributed by atoms with van der Waals surface area (Å²) in [6.07, 6.45) is -1.04. The van der Waals surface area contributed by atoms with Crippen molar-refractivity contribution in [1.82, 2.24) is 0 Å². The molecule has 0 heterocycles. The fourth-order valence-corrected chi connectivity index (χ4v) is 3.16. The average molecular weight is 270 g/mol. The van der Waals surface area contributed by atoms with Gasteiger partial charge in [0, 0.05) is 0 Å². The van der Waals surface area contributed by atoms with E-state index in [0.717, 1.165) is 5.56 Å². The first-order valence-corrected chi connectivity index (χ1v) is 10.1. The van der Waals surface area contributed by atoms with Gasteiger partial charge in [-0.15, -0.1) is 0 Å². The highest BCUT2D eigenvalue weighted by Gasteiger charge is 2.21. The summed E-state index contributed by atoms with van der Waals surface area (Å²) in [6, 6.07) is 7.96. The second-order valence-corrected chi connectivity index (χ2v) is 10.9. The SMILES string of the molecule is C[Si](C)(C)c1cccc(C(O)C(O)CCS)c1. The first-order valence-electron chi connectivity index (χ1n) is 5.93. The number of thiol groups is 1. The molecule has 17 heavy (non-hydrogen) atoms. The molecule has 1 aromatic carbocycles. The molecule has 1 rings (SSSR count). The molecule has 0 spiro atoms. The Balaban J connectivity index is 2.92. The van der Waals surface area contributed by atoms with Gasteiger partial charge >= 0.3 is 0 Å². The summed E-state index contributed by atoms with van der Waals surface area (Å²) in [7, 11) is -1.37. The highest BCUT2D eigenvalue weighted by atomic mass is 32.1. The Kier molecular flexibility index (Phi) is 5.25. The molecule has 0 radical (unpaired) electrons. The maximum atomic E-state index is 10.0. The molecule has 2 atom stereocenters.